The topological polar surface area (TPSA) is 64.0 Å². The van der Waals surface area contributed by atoms with Gasteiger partial charge in [-0.25, -0.2) is 4.98 Å². The Labute approximate surface area is 174 Å². The lowest BCUT2D eigenvalue weighted by Gasteiger charge is -2.29. The molecule has 0 aromatic carbocycles. The van der Waals surface area contributed by atoms with Crippen LogP contribution in [0.25, 0.3) is 10.2 Å². The Balaban J connectivity index is 1.53. The molecular weight excluding hydrogens is 390 g/mol. The van der Waals surface area contributed by atoms with E-state index in [1.807, 2.05) is 6.92 Å². The van der Waals surface area contributed by atoms with E-state index in [-0.39, 0.29) is 17.5 Å². The number of rotatable bonds is 5. The van der Waals surface area contributed by atoms with Gasteiger partial charge in [0.25, 0.3) is 5.56 Å². The maximum Gasteiger partial charge on any atom is 0.263 e. The first kappa shape index (κ1) is 20.0. The number of amides is 1. The number of thioether (sulfide) groups is 1. The number of nitrogens with one attached hydrogen (secondary N) is 1. The Hall–Kier alpha value is -1.34. The number of fused-ring (bicyclic) bond motifs is 3. The van der Waals surface area contributed by atoms with Crippen LogP contribution in [0.4, 0.5) is 0 Å². The van der Waals surface area contributed by atoms with Crippen molar-refractivity contribution >= 4 is 39.2 Å². The van der Waals surface area contributed by atoms with E-state index in [4.69, 9.17) is 4.98 Å². The third-order valence-corrected chi connectivity index (χ3v) is 8.31. The first-order valence-corrected chi connectivity index (χ1v) is 12.4. The van der Waals surface area contributed by atoms with Crippen LogP contribution < -0.4 is 10.9 Å². The number of carbonyl (C=O) groups excluding carboxylic acids is 1. The van der Waals surface area contributed by atoms with E-state index < -0.39 is 0 Å². The zero-order chi connectivity index (χ0) is 19.7. The van der Waals surface area contributed by atoms with Crippen LogP contribution in [-0.4, -0.2) is 27.3 Å². The Morgan fingerprint density at radius 3 is 2.82 bits per heavy atom. The van der Waals surface area contributed by atoms with Gasteiger partial charge in [-0.2, -0.15) is 0 Å². The van der Waals surface area contributed by atoms with Gasteiger partial charge < -0.3 is 5.32 Å². The van der Waals surface area contributed by atoms with E-state index in [9.17, 15) is 9.59 Å². The molecule has 4 rings (SSSR count). The zero-order valence-electron chi connectivity index (χ0n) is 16.8. The van der Waals surface area contributed by atoms with Crippen molar-refractivity contribution < 1.29 is 4.79 Å². The van der Waals surface area contributed by atoms with Gasteiger partial charge in [-0.3, -0.25) is 14.2 Å². The summed E-state index contributed by atoms with van der Waals surface area (Å²) >= 11 is 3.06. The summed E-state index contributed by atoms with van der Waals surface area (Å²) in [5.74, 6) is 0.904. The van der Waals surface area contributed by atoms with Crippen molar-refractivity contribution in [1.82, 2.24) is 14.9 Å². The first-order valence-electron chi connectivity index (χ1n) is 10.6. The minimum atomic E-state index is 0.0474. The number of carbonyl (C=O) groups is 1. The van der Waals surface area contributed by atoms with E-state index in [1.54, 1.807) is 15.9 Å². The summed E-state index contributed by atoms with van der Waals surface area (Å²) in [5.41, 5.74) is 1.29. The summed E-state index contributed by atoms with van der Waals surface area (Å²) < 4.78 is 1.74. The third-order valence-electron chi connectivity index (χ3n) is 6.15. The van der Waals surface area contributed by atoms with Gasteiger partial charge in [0.15, 0.2) is 5.16 Å². The lowest BCUT2D eigenvalue weighted by molar-refractivity contribution is -0.119. The van der Waals surface area contributed by atoms with Crippen LogP contribution in [0, 0.1) is 5.92 Å². The van der Waals surface area contributed by atoms with Crippen LogP contribution in [0.2, 0.25) is 0 Å². The fraction of sp³-hybridized carbons (Fsp3) is 0.667. The molecule has 0 aliphatic heterocycles. The maximum absolute atomic E-state index is 13.1. The van der Waals surface area contributed by atoms with Crippen LogP contribution in [-0.2, 0) is 24.2 Å². The fourth-order valence-electron chi connectivity index (χ4n) is 4.52. The molecule has 0 bridgehead atoms. The Morgan fingerprint density at radius 2 is 2.04 bits per heavy atom. The van der Waals surface area contributed by atoms with Crippen molar-refractivity contribution in [2.45, 2.75) is 83.0 Å². The quantitative estimate of drug-likeness (QED) is 0.584. The van der Waals surface area contributed by atoms with Crippen LogP contribution in [0.1, 0.15) is 62.8 Å². The van der Waals surface area contributed by atoms with Gasteiger partial charge in [-0.15, -0.1) is 11.3 Å². The van der Waals surface area contributed by atoms with Crippen molar-refractivity contribution in [3.63, 3.8) is 0 Å². The van der Waals surface area contributed by atoms with Gasteiger partial charge in [-0.1, -0.05) is 31.5 Å². The van der Waals surface area contributed by atoms with Crippen molar-refractivity contribution in [3.8, 4) is 0 Å². The highest BCUT2D eigenvalue weighted by atomic mass is 32.2. The lowest BCUT2D eigenvalue weighted by atomic mass is 9.86. The molecule has 7 heteroatoms. The smallest absolute Gasteiger partial charge is 0.263 e. The molecule has 2 aromatic rings. The molecule has 2 atom stereocenters. The average Bonchev–Trinajstić information content (AvgIpc) is 3.07. The van der Waals surface area contributed by atoms with Crippen molar-refractivity contribution in [2.24, 2.45) is 5.92 Å². The molecule has 2 heterocycles. The molecule has 0 spiro atoms. The Bertz CT molecular complexity index is 934. The number of aryl methyl sites for hydroxylation is 2. The highest BCUT2D eigenvalue weighted by Crippen LogP contribution is 2.34. The first-order chi connectivity index (χ1) is 13.6. The molecule has 5 nitrogen and oxygen atoms in total. The third kappa shape index (κ3) is 3.88. The van der Waals surface area contributed by atoms with Crippen LogP contribution in [0.5, 0.6) is 0 Å². The monoisotopic (exact) mass is 419 g/mol. The van der Waals surface area contributed by atoms with Gasteiger partial charge >= 0.3 is 0 Å². The summed E-state index contributed by atoms with van der Waals surface area (Å²) in [6.45, 7) is 4.78. The Morgan fingerprint density at radius 1 is 1.25 bits per heavy atom. The lowest BCUT2D eigenvalue weighted by Crippen LogP contribution is -2.41. The Kier molecular flexibility index (Phi) is 6.11. The molecule has 1 fully saturated rings. The predicted octanol–water partition coefficient (Wildman–Crippen LogP) is 4.14. The van der Waals surface area contributed by atoms with Gasteiger partial charge in [0, 0.05) is 17.5 Å². The SMILES string of the molecule is CCn1c(SCC(=O)N[C@H]2CCCC[C@@H]2C)nc2sc3c(c2c1=O)CCCC3. The number of nitrogens with zero attached hydrogens (tertiary/aromatic N) is 2. The van der Waals surface area contributed by atoms with Crippen molar-refractivity contribution in [2.75, 3.05) is 5.75 Å². The number of aromatic nitrogens is 2. The summed E-state index contributed by atoms with van der Waals surface area (Å²) in [5, 5.41) is 4.69. The van der Waals surface area contributed by atoms with Gasteiger partial charge in [-0.05, 0) is 56.9 Å². The summed E-state index contributed by atoms with van der Waals surface area (Å²) in [6.07, 6.45) is 9.12. The van der Waals surface area contributed by atoms with E-state index in [2.05, 4.69) is 12.2 Å². The molecule has 1 N–H and O–H groups in total. The largest absolute Gasteiger partial charge is 0.352 e. The zero-order valence-corrected chi connectivity index (χ0v) is 18.4. The standard InChI is InChI=1S/C21H29N3O2S2/c1-3-24-20(26)18-14-9-5-7-11-16(14)28-19(18)23-21(24)27-12-17(25)22-15-10-6-4-8-13(15)2/h13,15H,3-12H2,1-2H3,(H,22,25)/t13-,15-/m0/s1. The second kappa shape index (κ2) is 8.57. The maximum atomic E-state index is 13.1. The molecule has 2 aromatic heterocycles. The van der Waals surface area contributed by atoms with Gasteiger partial charge in [0.05, 0.1) is 11.1 Å². The minimum absolute atomic E-state index is 0.0474. The predicted molar refractivity (Wildman–Crippen MR) is 116 cm³/mol. The van der Waals surface area contributed by atoms with Gasteiger partial charge in [0.1, 0.15) is 4.83 Å². The average molecular weight is 420 g/mol. The summed E-state index contributed by atoms with van der Waals surface area (Å²) in [6, 6.07) is 0.287. The van der Waals surface area contributed by atoms with E-state index in [0.717, 1.165) is 35.9 Å². The molecule has 0 radical (unpaired) electrons. The number of hydrogen-bond acceptors (Lipinski definition) is 5. The molecule has 1 amide bonds. The molecule has 28 heavy (non-hydrogen) atoms. The van der Waals surface area contributed by atoms with Gasteiger partial charge in [0.2, 0.25) is 5.91 Å². The fourth-order valence-corrected chi connectivity index (χ4v) is 6.69. The van der Waals surface area contributed by atoms with Crippen LogP contribution >= 0.6 is 23.1 Å². The van der Waals surface area contributed by atoms with E-state index >= 15 is 0 Å². The highest BCUT2D eigenvalue weighted by molar-refractivity contribution is 7.99. The highest BCUT2D eigenvalue weighted by Gasteiger charge is 2.24. The normalized spacial score (nSPS) is 22.2. The summed E-state index contributed by atoms with van der Waals surface area (Å²) in [7, 11) is 0. The molecule has 1 saturated carbocycles. The molecule has 2 aliphatic rings. The summed E-state index contributed by atoms with van der Waals surface area (Å²) in [4.78, 5) is 32.6. The molecular formula is C21H29N3O2S2. The molecule has 0 unspecified atom stereocenters. The number of hydrogen-bond donors (Lipinski definition) is 1. The second-order valence-corrected chi connectivity index (χ2v) is 10.1. The second-order valence-electron chi connectivity index (χ2n) is 8.06. The van der Waals surface area contributed by atoms with E-state index in [1.165, 1.54) is 47.9 Å². The number of thiophene rings is 1. The van der Waals surface area contributed by atoms with Crippen molar-refractivity contribution in [1.29, 1.82) is 0 Å². The van der Waals surface area contributed by atoms with Crippen LogP contribution in [0.3, 0.4) is 0 Å². The molecule has 152 valence electrons. The van der Waals surface area contributed by atoms with Crippen LogP contribution in [0.15, 0.2) is 9.95 Å². The van der Waals surface area contributed by atoms with E-state index in [0.29, 0.717) is 23.4 Å². The molecule has 0 saturated heterocycles. The minimum Gasteiger partial charge on any atom is -0.352 e. The molecule has 2 aliphatic carbocycles. The van der Waals surface area contributed by atoms with Crippen molar-refractivity contribution in [3.05, 3.63) is 20.8 Å².